The number of nitrogens with one attached hydrogen (secondary N) is 1. The average molecular weight is 487 g/mol. The third kappa shape index (κ3) is 5.80. The molecule has 1 aromatic heterocycles. The molecule has 0 radical (unpaired) electrons. The largest absolute Gasteiger partial charge is 0.379 e. The molecule has 194 valence electrons. The zero-order valence-electron chi connectivity index (χ0n) is 21.7. The monoisotopic (exact) mass is 486 g/mol. The number of ether oxygens (including phenoxy) is 1. The van der Waals surface area contributed by atoms with Crippen molar-refractivity contribution in [2.45, 2.75) is 77.3 Å². The Kier molecular flexibility index (Phi) is 8.32. The number of carbonyl (C=O) groups is 2. The first kappa shape index (κ1) is 25.9. The predicted octanol–water partition coefficient (Wildman–Crippen LogP) is 3.07. The lowest BCUT2D eigenvalue weighted by molar-refractivity contribution is -0.0361. The van der Waals surface area contributed by atoms with E-state index in [-0.39, 0.29) is 34.5 Å². The topological polar surface area (TPSA) is 83.9 Å². The summed E-state index contributed by atoms with van der Waals surface area (Å²) in [5.41, 5.74) is -0.399. The predicted molar refractivity (Wildman–Crippen MR) is 136 cm³/mol. The molecule has 1 aromatic rings. The molecule has 0 aromatic carbocycles. The fraction of sp³-hybridized carbons (Fsp3) is 0.741. The SMILES string of the molecule is CC1CCN(C(=O)c2cn(C(C)C)cc(C(=O)NCC3(N4CCOCC4)CCCCC3)c2=O)CC1. The molecular weight excluding hydrogens is 444 g/mol. The van der Waals surface area contributed by atoms with Gasteiger partial charge in [0.1, 0.15) is 11.1 Å². The van der Waals surface area contributed by atoms with Crippen LogP contribution in [0.4, 0.5) is 0 Å². The normalized spacial score (nSPS) is 21.8. The van der Waals surface area contributed by atoms with Crippen molar-refractivity contribution in [3.05, 3.63) is 33.7 Å². The summed E-state index contributed by atoms with van der Waals surface area (Å²) < 4.78 is 7.38. The van der Waals surface area contributed by atoms with Crippen LogP contribution in [0, 0.1) is 5.92 Å². The van der Waals surface area contributed by atoms with E-state index in [1.165, 1.54) is 6.42 Å². The molecular formula is C27H42N4O4. The molecule has 1 aliphatic carbocycles. The maximum Gasteiger partial charge on any atom is 0.259 e. The maximum atomic E-state index is 13.4. The van der Waals surface area contributed by atoms with Crippen LogP contribution in [-0.2, 0) is 4.74 Å². The number of hydrogen-bond acceptors (Lipinski definition) is 5. The molecule has 8 nitrogen and oxygen atoms in total. The van der Waals surface area contributed by atoms with Gasteiger partial charge in [-0.1, -0.05) is 26.2 Å². The number of morpholine rings is 1. The molecule has 8 heteroatoms. The summed E-state index contributed by atoms with van der Waals surface area (Å²) in [7, 11) is 0. The van der Waals surface area contributed by atoms with Gasteiger partial charge in [0.05, 0.1) is 13.2 Å². The van der Waals surface area contributed by atoms with Crippen LogP contribution in [-0.4, -0.2) is 77.7 Å². The summed E-state index contributed by atoms with van der Waals surface area (Å²) in [5, 5.41) is 3.11. The second kappa shape index (κ2) is 11.2. The molecule has 0 bridgehead atoms. The number of likely N-dealkylation sites (tertiary alicyclic amines) is 1. The first-order valence-electron chi connectivity index (χ1n) is 13.5. The Balaban J connectivity index is 1.56. The number of piperidine rings is 1. The maximum absolute atomic E-state index is 13.4. The first-order chi connectivity index (χ1) is 16.8. The van der Waals surface area contributed by atoms with Gasteiger partial charge in [0.2, 0.25) is 5.43 Å². The Hall–Kier alpha value is -2.19. The highest BCUT2D eigenvalue weighted by Crippen LogP contribution is 2.34. The average Bonchev–Trinajstić information content (AvgIpc) is 2.88. The Labute approximate surface area is 209 Å². The van der Waals surface area contributed by atoms with Gasteiger partial charge in [0.25, 0.3) is 11.8 Å². The van der Waals surface area contributed by atoms with Crippen LogP contribution in [0.1, 0.15) is 92.5 Å². The number of pyridine rings is 1. The number of amides is 2. The van der Waals surface area contributed by atoms with Gasteiger partial charge in [-0.3, -0.25) is 19.3 Å². The van der Waals surface area contributed by atoms with Crippen molar-refractivity contribution in [3.63, 3.8) is 0 Å². The smallest absolute Gasteiger partial charge is 0.259 e. The molecule has 2 aliphatic heterocycles. The van der Waals surface area contributed by atoms with Gasteiger partial charge in [0.15, 0.2) is 0 Å². The lowest BCUT2D eigenvalue weighted by Gasteiger charge is -2.48. The Morgan fingerprint density at radius 1 is 1.03 bits per heavy atom. The number of aromatic nitrogens is 1. The van der Waals surface area contributed by atoms with E-state index in [1.54, 1.807) is 17.3 Å². The minimum atomic E-state index is -0.466. The van der Waals surface area contributed by atoms with Crippen LogP contribution >= 0.6 is 0 Å². The third-order valence-electron chi connectivity index (χ3n) is 8.23. The van der Waals surface area contributed by atoms with Gasteiger partial charge < -0.3 is 19.5 Å². The second-order valence-corrected chi connectivity index (χ2v) is 11.0. The third-order valence-corrected chi connectivity index (χ3v) is 8.23. The fourth-order valence-corrected chi connectivity index (χ4v) is 5.78. The molecule has 3 heterocycles. The van der Waals surface area contributed by atoms with E-state index in [9.17, 15) is 14.4 Å². The highest BCUT2D eigenvalue weighted by molar-refractivity contribution is 5.99. The summed E-state index contributed by atoms with van der Waals surface area (Å²) in [4.78, 5) is 44.4. The molecule has 2 saturated heterocycles. The van der Waals surface area contributed by atoms with Crippen LogP contribution in [0.15, 0.2) is 17.2 Å². The van der Waals surface area contributed by atoms with Gasteiger partial charge in [0, 0.05) is 56.7 Å². The van der Waals surface area contributed by atoms with E-state index < -0.39 is 5.43 Å². The van der Waals surface area contributed by atoms with Crippen LogP contribution in [0.2, 0.25) is 0 Å². The van der Waals surface area contributed by atoms with Crippen molar-refractivity contribution in [2.75, 3.05) is 45.9 Å². The van der Waals surface area contributed by atoms with Crippen molar-refractivity contribution in [2.24, 2.45) is 5.92 Å². The molecule has 1 N–H and O–H groups in total. The van der Waals surface area contributed by atoms with Crippen molar-refractivity contribution >= 4 is 11.8 Å². The van der Waals surface area contributed by atoms with E-state index in [2.05, 4.69) is 17.1 Å². The number of carbonyl (C=O) groups excluding carboxylic acids is 2. The van der Waals surface area contributed by atoms with Crippen LogP contribution in [0.3, 0.4) is 0 Å². The van der Waals surface area contributed by atoms with Crippen LogP contribution in [0.5, 0.6) is 0 Å². The zero-order chi connectivity index (χ0) is 25.0. The minimum absolute atomic E-state index is 0.0214. The second-order valence-electron chi connectivity index (χ2n) is 11.0. The van der Waals surface area contributed by atoms with E-state index in [0.29, 0.717) is 38.8 Å². The van der Waals surface area contributed by atoms with E-state index in [4.69, 9.17) is 4.74 Å². The van der Waals surface area contributed by atoms with Gasteiger partial charge in [-0.05, 0) is 45.4 Å². The van der Waals surface area contributed by atoms with E-state index in [0.717, 1.165) is 51.6 Å². The summed E-state index contributed by atoms with van der Waals surface area (Å²) in [6.45, 7) is 11.1. The van der Waals surface area contributed by atoms with Crippen molar-refractivity contribution in [1.29, 1.82) is 0 Å². The Morgan fingerprint density at radius 2 is 1.66 bits per heavy atom. The lowest BCUT2D eigenvalue weighted by atomic mass is 9.79. The molecule has 4 rings (SSSR count). The minimum Gasteiger partial charge on any atom is -0.379 e. The van der Waals surface area contributed by atoms with Crippen molar-refractivity contribution in [3.8, 4) is 0 Å². The Morgan fingerprint density at radius 3 is 2.29 bits per heavy atom. The molecule has 0 atom stereocenters. The molecule has 3 fully saturated rings. The summed E-state index contributed by atoms with van der Waals surface area (Å²) in [6.07, 6.45) is 10.7. The highest BCUT2D eigenvalue weighted by atomic mass is 16.5. The zero-order valence-corrected chi connectivity index (χ0v) is 21.7. The number of rotatable bonds is 6. The van der Waals surface area contributed by atoms with Gasteiger partial charge in [-0.25, -0.2) is 0 Å². The highest BCUT2D eigenvalue weighted by Gasteiger charge is 2.39. The molecule has 0 spiro atoms. The Bertz CT molecular complexity index is 952. The quantitative estimate of drug-likeness (QED) is 0.668. The van der Waals surface area contributed by atoms with Crippen LogP contribution in [0.25, 0.3) is 0 Å². The summed E-state index contributed by atoms with van der Waals surface area (Å²) in [5.74, 6) is -0.0606. The lowest BCUT2D eigenvalue weighted by Crippen LogP contribution is -2.59. The molecule has 3 aliphatic rings. The molecule has 1 saturated carbocycles. The number of nitrogens with zero attached hydrogens (tertiary/aromatic N) is 3. The van der Waals surface area contributed by atoms with E-state index in [1.807, 2.05) is 18.4 Å². The van der Waals surface area contributed by atoms with Gasteiger partial charge >= 0.3 is 0 Å². The molecule has 35 heavy (non-hydrogen) atoms. The molecule has 0 unspecified atom stereocenters. The fourth-order valence-electron chi connectivity index (χ4n) is 5.78. The van der Waals surface area contributed by atoms with Crippen molar-refractivity contribution in [1.82, 2.24) is 19.7 Å². The van der Waals surface area contributed by atoms with Crippen LogP contribution < -0.4 is 10.7 Å². The summed E-state index contributed by atoms with van der Waals surface area (Å²) in [6, 6.07) is 0.0214. The summed E-state index contributed by atoms with van der Waals surface area (Å²) >= 11 is 0. The van der Waals surface area contributed by atoms with E-state index >= 15 is 0 Å². The molecule has 2 amide bonds. The van der Waals surface area contributed by atoms with Gasteiger partial charge in [-0.2, -0.15) is 0 Å². The first-order valence-corrected chi connectivity index (χ1v) is 13.5. The van der Waals surface area contributed by atoms with Gasteiger partial charge in [-0.15, -0.1) is 0 Å². The standard InChI is InChI=1S/C27H42N4O4/c1-20(2)30-17-22(24(32)23(18-30)26(34)29-11-7-21(3)8-12-29)25(33)28-19-27(9-5-4-6-10-27)31-13-15-35-16-14-31/h17-18,20-21H,4-16,19H2,1-3H3,(H,28,33). The number of hydrogen-bond donors (Lipinski definition) is 1. The van der Waals surface area contributed by atoms with Crippen molar-refractivity contribution < 1.29 is 14.3 Å².